The van der Waals surface area contributed by atoms with E-state index in [2.05, 4.69) is 5.32 Å². The van der Waals surface area contributed by atoms with Gasteiger partial charge in [-0.15, -0.1) is 11.3 Å². The fraction of sp³-hybridized carbons (Fsp3) is 0.400. The van der Waals surface area contributed by atoms with Crippen molar-refractivity contribution >= 4 is 34.8 Å². The molecule has 0 saturated heterocycles. The van der Waals surface area contributed by atoms with Crippen LogP contribution in [0.5, 0.6) is 0 Å². The van der Waals surface area contributed by atoms with Crippen LogP contribution in [-0.4, -0.2) is 19.0 Å². The van der Waals surface area contributed by atoms with Gasteiger partial charge in [-0.25, -0.2) is 0 Å². The summed E-state index contributed by atoms with van der Waals surface area (Å²) in [7, 11) is 1.40. The second kappa shape index (κ2) is 8.69. The molecule has 1 aliphatic carbocycles. The molecule has 26 heavy (non-hydrogen) atoms. The predicted octanol–water partition coefficient (Wildman–Crippen LogP) is 4.59. The molecule has 4 nitrogen and oxygen atoms in total. The van der Waals surface area contributed by atoms with Gasteiger partial charge in [-0.3, -0.25) is 9.59 Å². The molecule has 3 unspecified atom stereocenters. The second-order valence-electron chi connectivity index (χ2n) is 6.59. The highest BCUT2D eigenvalue weighted by molar-refractivity contribution is 7.10. The van der Waals surface area contributed by atoms with Crippen LogP contribution >= 0.6 is 22.9 Å². The van der Waals surface area contributed by atoms with Gasteiger partial charge in [0, 0.05) is 15.8 Å². The van der Waals surface area contributed by atoms with Crippen LogP contribution in [0.4, 0.5) is 0 Å². The lowest BCUT2D eigenvalue weighted by Crippen LogP contribution is -2.37. The molecule has 3 rings (SSSR count). The lowest BCUT2D eigenvalue weighted by Gasteiger charge is -2.28. The van der Waals surface area contributed by atoms with Gasteiger partial charge >= 0.3 is 5.97 Å². The number of nitrogens with one attached hydrogen (secondary N) is 1. The normalized spacial score (nSPS) is 21.0. The molecule has 0 aliphatic heterocycles. The van der Waals surface area contributed by atoms with Gasteiger partial charge in [-0.05, 0) is 48.4 Å². The van der Waals surface area contributed by atoms with Crippen LogP contribution < -0.4 is 5.32 Å². The van der Waals surface area contributed by atoms with E-state index in [1.165, 1.54) is 7.11 Å². The summed E-state index contributed by atoms with van der Waals surface area (Å²) in [6, 6.07) is 11.3. The summed E-state index contributed by atoms with van der Waals surface area (Å²) >= 11 is 7.61. The van der Waals surface area contributed by atoms with Crippen LogP contribution in [0.2, 0.25) is 5.02 Å². The monoisotopic (exact) mass is 391 g/mol. The molecule has 1 heterocycles. The fourth-order valence-corrected chi connectivity index (χ4v) is 4.43. The van der Waals surface area contributed by atoms with Crippen LogP contribution in [0.25, 0.3) is 0 Å². The van der Waals surface area contributed by atoms with Crippen LogP contribution in [-0.2, 0) is 14.3 Å². The van der Waals surface area contributed by atoms with Crippen LogP contribution in [0, 0.1) is 11.8 Å². The van der Waals surface area contributed by atoms with E-state index in [9.17, 15) is 9.59 Å². The van der Waals surface area contributed by atoms with Crippen molar-refractivity contribution in [2.24, 2.45) is 11.8 Å². The molecule has 1 amide bonds. The number of thiophene rings is 1. The molecule has 138 valence electrons. The molecule has 1 N–H and O–H groups in total. The van der Waals surface area contributed by atoms with Crippen molar-refractivity contribution in [1.29, 1.82) is 0 Å². The van der Waals surface area contributed by atoms with Crippen molar-refractivity contribution in [3.05, 3.63) is 57.2 Å². The number of hydrogen-bond acceptors (Lipinski definition) is 4. The smallest absolute Gasteiger partial charge is 0.308 e. The first-order chi connectivity index (χ1) is 12.6. The third-order valence-electron chi connectivity index (χ3n) is 4.90. The van der Waals surface area contributed by atoms with Gasteiger partial charge in [0.2, 0.25) is 5.91 Å². The zero-order valence-corrected chi connectivity index (χ0v) is 16.2. The van der Waals surface area contributed by atoms with Crippen molar-refractivity contribution in [1.82, 2.24) is 5.32 Å². The number of amides is 1. The van der Waals surface area contributed by atoms with Crippen molar-refractivity contribution in [3.63, 3.8) is 0 Å². The van der Waals surface area contributed by atoms with Gasteiger partial charge in [-0.2, -0.15) is 0 Å². The second-order valence-corrected chi connectivity index (χ2v) is 8.01. The summed E-state index contributed by atoms with van der Waals surface area (Å²) in [5.41, 5.74) is 0.991. The number of methoxy groups -OCH3 is 1. The number of halogens is 1. The molecule has 6 heteroatoms. The molecule has 0 spiro atoms. The Hall–Kier alpha value is -1.85. The van der Waals surface area contributed by atoms with Crippen LogP contribution in [0.1, 0.15) is 42.2 Å². The maximum atomic E-state index is 12.9. The highest BCUT2D eigenvalue weighted by Crippen LogP contribution is 2.32. The van der Waals surface area contributed by atoms with E-state index in [0.717, 1.165) is 29.7 Å². The number of carbonyl (C=O) groups excluding carboxylic acids is 2. The molecule has 1 aliphatic rings. The maximum Gasteiger partial charge on any atom is 0.308 e. The average molecular weight is 392 g/mol. The summed E-state index contributed by atoms with van der Waals surface area (Å²) in [4.78, 5) is 25.8. The minimum absolute atomic E-state index is 0.00745. The molecular formula is C20H22ClNO3S. The minimum Gasteiger partial charge on any atom is -0.469 e. The summed E-state index contributed by atoms with van der Waals surface area (Å²) in [6.07, 6.45) is 3.01. The maximum absolute atomic E-state index is 12.9. The van der Waals surface area contributed by atoms with Crippen molar-refractivity contribution in [2.75, 3.05) is 7.11 Å². The van der Waals surface area contributed by atoms with E-state index >= 15 is 0 Å². The number of benzene rings is 1. The summed E-state index contributed by atoms with van der Waals surface area (Å²) < 4.78 is 4.86. The highest BCUT2D eigenvalue weighted by Gasteiger charge is 2.33. The van der Waals surface area contributed by atoms with Gasteiger partial charge in [0.05, 0.1) is 19.1 Å². The van der Waals surface area contributed by atoms with Crippen molar-refractivity contribution in [2.45, 2.75) is 31.7 Å². The average Bonchev–Trinajstić information content (AvgIpc) is 3.20. The van der Waals surface area contributed by atoms with E-state index in [-0.39, 0.29) is 29.8 Å². The first-order valence-electron chi connectivity index (χ1n) is 8.75. The molecule has 2 aromatic rings. The van der Waals surface area contributed by atoms with E-state index in [1.807, 2.05) is 41.8 Å². The molecule has 1 aromatic carbocycles. The Morgan fingerprint density at radius 2 is 1.92 bits per heavy atom. The molecule has 3 atom stereocenters. The molecule has 0 bridgehead atoms. The molecule has 0 radical (unpaired) electrons. The van der Waals surface area contributed by atoms with Crippen molar-refractivity contribution < 1.29 is 14.3 Å². The topological polar surface area (TPSA) is 55.4 Å². The van der Waals surface area contributed by atoms with E-state index in [0.29, 0.717) is 11.4 Å². The summed E-state index contributed by atoms with van der Waals surface area (Å²) in [6.45, 7) is 0. The number of rotatable bonds is 5. The van der Waals surface area contributed by atoms with E-state index < -0.39 is 0 Å². The quantitative estimate of drug-likeness (QED) is 0.758. The summed E-state index contributed by atoms with van der Waals surface area (Å²) in [5, 5.41) is 5.84. The van der Waals surface area contributed by atoms with Gasteiger partial charge in [-0.1, -0.05) is 36.2 Å². The first kappa shape index (κ1) is 18.9. The third-order valence-corrected chi connectivity index (χ3v) is 6.09. The lowest BCUT2D eigenvalue weighted by atomic mass is 9.81. The van der Waals surface area contributed by atoms with Crippen LogP contribution in [0.3, 0.4) is 0 Å². The Balaban J connectivity index is 1.75. The van der Waals surface area contributed by atoms with Crippen LogP contribution in [0.15, 0.2) is 41.8 Å². The predicted molar refractivity (Wildman–Crippen MR) is 103 cm³/mol. The third kappa shape index (κ3) is 4.46. The number of ether oxygens (including phenoxy) is 1. The number of hydrogen-bond donors (Lipinski definition) is 1. The number of esters is 1. The van der Waals surface area contributed by atoms with Gasteiger partial charge in [0.15, 0.2) is 0 Å². The van der Waals surface area contributed by atoms with Crippen molar-refractivity contribution in [3.8, 4) is 0 Å². The van der Waals surface area contributed by atoms with E-state index in [4.69, 9.17) is 16.3 Å². The standard InChI is InChI=1S/C20H22ClNO3S/c1-25-20(24)15-5-2-4-14(12-15)19(23)22-18(17-6-3-11-26-17)13-7-9-16(21)10-8-13/h3,6-11,14-15,18H,2,4-5,12H2,1H3,(H,22,23). The van der Waals surface area contributed by atoms with E-state index in [1.54, 1.807) is 11.3 Å². The van der Waals surface area contributed by atoms with Gasteiger partial charge in [0.1, 0.15) is 0 Å². The molecule has 1 aromatic heterocycles. The Kier molecular flexibility index (Phi) is 6.33. The molecular weight excluding hydrogens is 370 g/mol. The Morgan fingerprint density at radius 3 is 2.58 bits per heavy atom. The first-order valence-corrected chi connectivity index (χ1v) is 10.0. The summed E-state index contributed by atoms with van der Waals surface area (Å²) in [5.74, 6) is -0.565. The Morgan fingerprint density at radius 1 is 1.19 bits per heavy atom. The zero-order chi connectivity index (χ0) is 18.5. The Labute approximate surface area is 162 Å². The lowest BCUT2D eigenvalue weighted by molar-refractivity contribution is -0.147. The zero-order valence-electron chi connectivity index (χ0n) is 14.6. The molecule has 1 saturated carbocycles. The molecule has 1 fully saturated rings. The largest absolute Gasteiger partial charge is 0.469 e. The Bertz CT molecular complexity index is 745. The SMILES string of the molecule is COC(=O)C1CCCC(C(=O)NC(c2ccc(Cl)cc2)c2cccs2)C1. The van der Waals surface area contributed by atoms with Gasteiger partial charge in [0.25, 0.3) is 0 Å². The fourth-order valence-electron chi connectivity index (χ4n) is 3.50. The minimum atomic E-state index is -0.213. The highest BCUT2D eigenvalue weighted by atomic mass is 35.5. The number of carbonyl (C=O) groups is 2. The van der Waals surface area contributed by atoms with Gasteiger partial charge < -0.3 is 10.1 Å².